The highest BCUT2D eigenvalue weighted by Gasteiger charge is 2.26. The normalized spacial score (nSPS) is 16.9. The molecule has 0 amide bonds. The molecule has 1 N–H and O–H groups in total. The fourth-order valence-corrected chi connectivity index (χ4v) is 1.82. The van der Waals surface area contributed by atoms with Gasteiger partial charge < -0.3 is 4.74 Å². The van der Waals surface area contributed by atoms with E-state index in [0.717, 1.165) is 19.3 Å². The second-order valence-corrected chi connectivity index (χ2v) is 5.02. The number of nitrogens with one attached hydrogen (secondary N) is 1. The maximum Gasteiger partial charge on any atom is 0.323 e. The van der Waals surface area contributed by atoms with Crippen LogP contribution in [0.2, 0.25) is 0 Å². The number of carbonyl (C=O) groups is 1. The second-order valence-electron chi connectivity index (χ2n) is 5.02. The first-order valence-corrected chi connectivity index (χ1v) is 6.32. The molecule has 0 aliphatic heterocycles. The lowest BCUT2D eigenvalue weighted by Crippen LogP contribution is -2.50. The first-order valence-electron chi connectivity index (χ1n) is 6.32. The van der Waals surface area contributed by atoms with E-state index in [-0.39, 0.29) is 23.7 Å². The summed E-state index contributed by atoms with van der Waals surface area (Å²) in [4.78, 5) is 11.7. The molecule has 0 aliphatic carbocycles. The highest BCUT2D eigenvalue weighted by atomic mass is 16.5. The summed E-state index contributed by atoms with van der Waals surface area (Å²) in [5.41, 5.74) is 0.0319. The molecule has 2 atom stereocenters. The highest BCUT2D eigenvalue weighted by Crippen LogP contribution is 2.17. The molecule has 0 rings (SSSR count). The molecule has 0 radical (unpaired) electrons. The van der Waals surface area contributed by atoms with Crippen molar-refractivity contribution in [1.29, 1.82) is 0 Å². The van der Waals surface area contributed by atoms with Crippen LogP contribution in [0, 0.1) is 0 Å². The lowest BCUT2D eigenvalue weighted by molar-refractivity contribution is -0.150. The molecule has 0 spiro atoms. The number of carbonyl (C=O) groups excluding carboxylic acids is 1. The molecule has 96 valence electrons. The van der Waals surface area contributed by atoms with Crippen LogP contribution in [0.15, 0.2) is 0 Å². The third kappa shape index (κ3) is 5.50. The van der Waals surface area contributed by atoms with Crippen LogP contribution >= 0.6 is 0 Å². The van der Waals surface area contributed by atoms with Gasteiger partial charge in [0.15, 0.2) is 0 Å². The maximum atomic E-state index is 11.7. The van der Waals surface area contributed by atoms with Crippen molar-refractivity contribution in [1.82, 2.24) is 5.32 Å². The Kier molecular flexibility index (Phi) is 6.65. The van der Waals surface area contributed by atoms with Crippen LogP contribution in [0.1, 0.15) is 60.8 Å². The minimum absolute atomic E-state index is 0.0319. The average molecular weight is 229 g/mol. The summed E-state index contributed by atoms with van der Waals surface area (Å²) in [5.74, 6) is -0.161. The largest absolute Gasteiger partial charge is 0.462 e. The van der Waals surface area contributed by atoms with E-state index in [0.29, 0.717) is 0 Å². The molecular weight excluding hydrogens is 202 g/mol. The van der Waals surface area contributed by atoms with Gasteiger partial charge in [-0.3, -0.25) is 10.1 Å². The van der Waals surface area contributed by atoms with Crippen molar-refractivity contribution in [2.24, 2.45) is 0 Å². The van der Waals surface area contributed by atoms with Crippen LogP contribution in [-0.4, -0.2) is 23.7 Å². The Morgan fingerprint density at radius 1 is 1.31 bits per heavy atom. The Hall–Kier alpha value is -0.570. The van der Waals surface area contributed by atoms with Crippen molar-refractivity contribution in [2.45, 2.75) is 78.5 Å². The SMILES string of the molecule is CCCC(C)(CC)NC(C)C(=O)OC(C)C. The minimum atomic E-state index is -0.237. The Labute approximate surface area is 99.9 Å². The molecule has 0 fully saturated rings. The third-order valence-electron chi connectivity index (χ3n) is 2.85. The first-order chi connectivity index (χ1) is 7.34. The maximum absolute atomic E-state index is 11.7. The van der Waals surface area contributed by atoms with E-state index in [9.17, 15) is 4.79 Å². The van der Waals surface area contributed by atoms with Crippen molar-refractivity contribution < 1.29 is 9.53 Å². The molecule has 2 unspecified atom stereocenters. The van der Waals surface area contributed by atoms with Crippen LogP contribution in [0.4, 0.5) is 0 Å². The van der Waals surface area contributed by atoms with Gasteiger partial charge in [-0.1, -0.05) is 20.3 Å². The molecule has 0 aromatic rings. The smallest absolute Gasteiger partial charge is 0.323 e. The molecular formula is C13H27NO2. The van der Waals surface area contributed by atoms with Crippen LogP contribution in [0.3, 0.4) is 0 Å². The summed E-state index contributed by atoms with van der Waals surface area (Å²) in [7, 11) is 0. The van der Waals surface area contributed by atoms with Gasteiger partial charge in [0.25, 0.3) is 0 Å². The van der Waals surface area contributed by atoms with Crippen molar-refractivity contribution >= 4 is 5.97 Å². The predicted molar refractivity (Wildman–Crippen MR) is 67.4 cm³/mol. The standard InChI is InChI=1S/C13H27NO2/c1-7-9-13(6,8-2)14-11(5)12(15)16-10(3)4/h10-11,14H,7-9H2,1-6H3. The first kappa shape index (κ1) is 15.4. The van der Waals surface area contributed by atoms with Gasteiger partial charge in [-0.2, -0.15) is 0 Å². The zero-order valence-electron chi connectivity index (χ0n) is 11.6. The summed E-state index contributed by atoms with van der Waals surface area (Å²) >= 11 is 0. The van der Waals surface area contributed by atoms with E-state index in [1.54, 1.807) is 0 Å². The van der Waals surface area contributed by atoms with E-state index in [2.05, 4.69) is 26.1 Å². The van der Waals surface area contributed by atoms with E-state index >= 15 is 0 Å². The number of hydrogen-bond acceptors (Lipinski definition) is 3. The van der Waals surface area contributed by atoms with Crippen molar-refractivity contribution in [3.05, 3.63) is 0 Å². The second kappa shape index (κ2) is 6.89. The molecule has 16 heavy (non-hydrogen) atoms. The van der Waals surface area contributed by atoms with Gasteiger partial charge in [0, 0.05) is 5.54 Å². The topological polar surface area (TPSA) is 38.3 Å². The summed E-state index contributed by atoms with van der Waals surface area (Å²) < 4.78 is 5.18. The molecule has 0 aromatic carbocycles. The molecule has 0 saturated carbocycles. The van der Waals surface area contributed by atoms with E-state index in [1.165, 1.54) is 0 Å². The fourth-order valence-electron chi connectivity index (χ4n) is 1.82. The molecule has 3 heteroatoms. The molecule has 0 aliphatic rings. The van der Waals surface area contributed by atoms with Gasteiger partial charge in [0.2, 0.25) is 0 Å². The Morgan fingerprint density at radius 2 is 1.88 bits per heavy atom. The number of ether oxygens (including phenoxy) is 1. The molecule has 0 aromatic heterocycles. The van der Waals surface area contributed by atoms with Crippen molar-refractivity contribution in [3.8, 4) is 0 Å². The molecule has 3 nitrogen and oxygen atoms in total. The molecule has 0 saturated heterocycles. The number of esters is 1. The quantitative estimate of drug-likeness (QED) is 0.682. The van der Waals surface area contributed by atoms with Gasteiger partial charge in [-0.15, -0.1) is 0 Å². The van der Waals surface area contributed by atoms with Crippen LogP contribution in [0.25, 0.3) is 0 Å². The van der Waals surface area contributed by atoms with Crippen LogP contribution in [-0.2, 0) is 9.53 Å². The monoisotopic (exact) mass is 229 g/mol. The Bertz CT molecular complexity index is 216. The number of rotatable bonds is 7. The van der Waals surface area contributed by atoms with Crippen LogP contribution < -0.4 is 5.32 Å². The molecule has 0 heterocycles. The fraction of sp³-hybridized carbons (Fsp3) is 0.923. The van der Waals surface area contributed by atoms with Gasteiger partial charge in [0.1, 0.15) is 6.04 Å². The molecule has 0 bridgehead atoms. The van der Waals surface area contributed by atoms with E-state index in [1.807, 2.05) is 20.8 Å². The van der Waals surface area contributed by atoms with Crippen LogP contribution in [0.5, 0.6) is 0 Å². The lowest BCUT2D eigenvalue weighted by Gasteiger charge is -2.32. The van der Waals surface area contributed by atoms with Crippen molar-refractivity contribution in [2.75, 3.05) is 0 Å². The predicted octanol–water partition coefficient (Wildman–Crippen LogP) is 2.88. The summed E-state index contributed by atoms with van der Waals surface area (Å²) in [6.45, 7) is 12.1. The zero-order valence-corrected chi connectivity index (χ0v) is 11.6. The van der Waals surface area contributed by atoms with Crippen molar-refractivity contribution in [3.63, 3.8) is 0 Å². The zero-order chi connectivity index (χ0) is 12.8. The van der Waals surface area contributed by atoms with Gasteiger partial charge in [-0.25, -0.2) is 0 Å². The average Bonchev–Trinajstić information content (AvgIpc) is 2.17. The lowest BCUT2D eigenvalue weighted by atomic mass is 9.92. The highest BCUT2D eigenvalue weighted by molar-refractivity contribution is 5.75. The van der Waals surface area contributed by atoms with Gasteiger partial charge in [-0.05, 0) is 40.5 Å². The summed E-state index contributed by atoms with van der Waals surface area (Å²) in [5, 5.41) is 3.37. The third-order valence-corrected chi connectivity index (χ3v) is 2.85. The number of hydrogen-bond donors (Lipinski definition) is 1. The van der Waals surface area contributed by atoms with Gasteiger partial charge >= 0.3 is 5.97 Å². The summed E-state index contributed by atoms with van der Waals surface area (Å²) in [6.07, 6.45) is 3.16. The summed E-state index contributed by atoms with van der Waals surface area (Å²) in [6, 6.07) is -0.237. The minimum Gasteiger partial charge on any atom is -0.462 e. The van der Waals surface area contributed by atoms with E-state index in [4.69, 9.17) is 4.74 Å². The Morgan fingerprint density at radius 3 is 2.25 bits per heavy atom. The van der Waals surface area contributed by atoms with Gasteiger partial charge in [0.05, 0.1) is 6.10 Å². The Balaban J connectivity index is 4.29. The van der Waals surface area contributed by atoms with E-state index < -0.39 is 0 Å².